The van der Waals surface area contributed by atoms with Crippen molar-refractivity contribution in [1.82, 2.24) is 14.8 Å². The van der Waals surface area contributed by atoms with Crippen molar-refractivity contribution in [2.45, 2.75) is 33.6 Å². The number of hydrogen-bond donors (Lipinski definition) is 1. The predicted octanol–water partition coefficient (Wildman–Crippen LogP) is 7.15. The molecular formula is C30H26F4N6O3S. The van der Waals surface area contributed by atoms with E-state index in [2.05, 4.69) is 39.0 Å². The Bertz CT molecular complexity index is 1740. The van der Waals surface area contributed by atoms with Crippen LogP contribution in [-0.2, 0) is 11.2 Å². The van der Waals surface area contributed by atoms with Gasteiger partial charge in [-0.15, -0.1) is 18.3 Å². The maximum absolute atomic E-state index is 15.0. The van der Waals surface area contributed by atoms with Gasteiger partial charge in [-0.1, -0.05) is 37.7 Å². The molecule has 1 fully saturated rings. The van der Waals surface area contributed by atoms with Crippen molar-refractivity contribution in [2.24, 2.45) is 10.9 Å². The molecule has 228 valence electrons. The lowest BCUT2D eigenvalue weighted by molar-refractivity contribution is -0.274. The number of aryl methyl sites for hydroxylation is 1. The third-order valence-electron chi connectivity index (χ3n) is 6.37. The highest BCUT2D eigenvalue weighted by Gasteiger charge is 2.32. The summed E-state index contributed by atoms with van der Waals surface area (Å²) in [6, 6.07) is 13.9. The summed E-state index contributed by atoms with van der Waals surface area (Å²) in [6.45, 7) is 6.07. The minimum Gasteiger partial charge on any atom is -0.406 e. The number of ether oxygens (including phenoxy) is 1. The highest BCUT2D eigenvalue weighted by Crippen LogP contribution is 2.32. The maximum atomic E-state index is 15.0. The molecule has 1 aromatic heterocycles. The molecule has 0 spiro atoms. The van der Waals surface area contributed by atoms with E-state index in [4.69, 9.17) is 0 Å². The molecule has 4 aromatic rings. The zero-order chi connectivity index (χ0) is 31.6. The number of thioether (sulfide) groups is 1. The van der Waals surface area contributed by atoms with Gasteiger partial charge in [-0.3, -0.25) is 9.69 Å². The number of nitrogens with zero attached hydrogens (tertiary/aromatic N) is 5. The Morgan fingerprint density at radius 2 is 1.86 bits per heavy atom. The zero-order valence-corrected chi connectivity index (χ0v) is 24.5. The van der Waals surface area contributed by atoms with E-state index in [1.54, 1.807) is 0 Å². The van der Waals surface area contributed by atoms with Crippen LogP contribution in [0.2, 0.25) is 0 Å². The van der Waals surface area contributed by atoms with E-state index in [9.17, 15) is 22.8 Å². The van der Waals surface area contributed by atoms with Gasteiger partial charge in [-0.25, -0.2) is 18.9 Å². The van der Waals surface area contributed by atoms with Crippen LogP contribution >= 0.6 is 11.8 Å². The highest BCUT2D eigenvalue weighted by atomic mass is 32.2. The van der Waals surface area contributed by atoms with Crippen LogP contribution in [0, 0.1) is 18.7 Å². The van der Waals surface area contributed by atoms with Crippen LogP contribution in [-0.4, -0.2) is 44.0 Å². The molecule has 3 amide bonds. The molecule has 0 atom stereocenters. The fraction of sp³-hybridized carbons (Fsp3) is 0.233. The van der Waals surface area contributed by atoms with Crippen LogP contribution in [0.25, 0.3) is 17.1 Å². The van der Waals surface area contributed by atoms with Crippen molar-refractivity contribution < 1.29 is 31.9 Å². The number of carbonyl (C=O) groups is 2. The lowest BCUT2D eigenvalue weighted by Crippen LogP contribution is -2.31. The lowest BCUT2D eigenvalue weighted by Gasteiger charge is -2.21. The Morgan fingerprint density at radius 3 is 2.55 bits per heavy atom. The minimum absolute atomic E-state index is 0.120. The summed E-state index contributed by atoms with van der Waals surface area (Å²) in [6.07, 6.45) is -2.75. The molecule has 0 radical (unpaired) electrons. The first-order chi connectivity index (χ1) is 20.9. The summed E-state index contributed by atoms with van der Waals surface area (Å²) in [7, 11) is 0. The zero-order valence-electron chi connectivity index (χ0n) is 23.7. The third kappa shape index (κ3) is 7.25. The molecule has 0 saturated carbocycles. The number of urea groups is 1. The van der Waals surface area contributed by atoms with Crippen molar-refractivity contribution in [3.63, 3.8) is 0 Å². The summed E-state index contributed by atoms with van der Waals surface area (Å²) in [5, 5.41) is 6.88. The van der Waals surface area contributed by atoms with Crippen molar-refractivity contribution in [1.29, 1.82) is 0 Å². The number of aromatic nitrogens is 3. The molecule has 1 aliphatic rings. The van der Waals surface area contributed by atoms with E-state index in [1.165, 1.54) is 40.2 Å². The van der Waals surface area contributed by atoms with Crippen LogP contribution in [0.15, 0.2) is 72.0 Å². The molecule has 1 saturated heterocycles. The number of amides is 3. The number of alkyl halides is 3. The number of carbonyl (C=O) groups excluding carboxylic acids is 2. The summed E-state index contributed by atoms with van der Waals surface area (Å²) in [5.41, 5.74) is 3.15. The number of benzene rings is 3. The van der Waals surface area contributed by atoms with Crippen molar-refractivity contribution in [3.05, 3.63) is 83.9 Å². The topological polar surface area (TPSA) is 102 Å². The number of aliphatic imine (C=N–C) groups is 1. The fourth-order valence-corrected chi connectivity index (χ4v) is 5.34. The number of halogens is 4. The Morgan fingerprint density at radius 1 is 1.11 bits per heavy atom. The molecule has 0 unspecified atom stereocenters. The molecule has 0 aliphatic carbocycles. The number of hydrogen-bond acceptors (Lipinski definition) is 6. The average molecular weight is 627 g/mol. The van der Waals surface area contributed by atoms with E-state index >= 15 is 4.39 Å². The molecule has 5 rings (SSSR count). The SMILES string of the molecule is Cc1ccc(CC(C)C)c(N2C(=O)CS/C2=N\C(=O)Nc2ccc(-c3ncn(-c4ccc(OC(F)(F)F)cc4)n3)cc2F)c1. The number of rotatable bonds is 7. The maximum Gasteiger partial charge on any atom is 0.573 e. The molecule has 0 bridgehead atoms. The lowest BCUT2D eigenvalue weighted by atomic mass is 9.99. The van der Waals surface area contributed by atoms with Crippen LogP contribution in [0.4, 0.5) is 33.7 Å². The van der Waals surface area contributed by atoms with E-state index in [1.807, 2.05) is 25.1 Å². The monoisotopic (exact) mass is 626 g/mol. The van der Waals surface area contributed by atoms with Gasteiger partial charge in [0.15, 0.2) is 11.0 Å². The second-order valence-electron chi connectivity index (χ2n) is 10.3. The van der Waals surface area contributed by atoms with Crippen LogP contribution in [0.3, 0.4) is 0 Å². The largest absolute Gasteiger partial charge is 0.573 e. The fourth-order valence-electron chi connectivity index (χ4n) is 4.48. The molecular weight excluding hydrogens is 600 g/mol. The van der Waals surface area contributed by atoms with E-state index in [-0.39, 0.29) is 34.1 Å². The normalized spacial score (nSPS) is 14.5. The molecule has 3 aromatic carbocycles. The van der Waals surface area contributed by atoms with Gasteiger partial charge < -0.3 is 10.1 Å². The van der Waals surface area contributed by atoms with E-state index in [0.717, 1.165) is 47.5 Å². The van der Waals surface area contributed by atoms with Gasteiger partial charge in [-0.05, 0) is 78.9 Å². The molecule has 14 heteroatoms. The first-order valence-corrected chi connectivity index (χ1v) is 14.4. The van der Waals surface area contributed by atoms with Gasteiger partial charge in [-0.2, -0.15) is 4.99 Å². The van der Waals surface area contributed by atoms with Gasteiger partial charge in [0, 0.05) is 5.56 Å². The average Bonchev–Trinajstić information content (AvgIpc) is 3.57. The summed E-state index contributed by atoms with van der Waals surface area (Å²) < 4.78 is 57.4. The Balaban J connectivity index is 1.30. The summed E-state index contributed by atoms with van der Waals surface area (Å²) in [4.78, 5) is 35.3. The van der Waals surface area contributed by atoms with Crippen LogP contribution in [0.5, 0.6) is 5.75 Å². The molecule has 2 heterocycles. The Hall–Kier alpha value is -4.72. The Labute approximate surface area is 254 Å². The second kappa shape index (κ2) is 12.5. The third-order valence-corrected chi connectivity index (χ3v) is 7.29. The predicted molar refractivity (Wildman–Crippen MR) is 160 cm³/mol. The first-order valence-electron chi connectivity index (χ1n) is 13.4. The molecule has 1 N–H and O–H groups in total. The quantitative estimate of drug-likeness (QED) is 0.219. The van der Waals surface area contributed by atoms with Crippen LogP contribution < -0.4 is 15.0 Å². The van der Waals surface area contributed by atoms with E-state index < -0.39 is 18.2 Å². The number of anilines is 2. The summed E-state index contributed by atoms with van der Waals surface area (Å²) in [5.74, 6) is -0.757. The number of amidine groups is 1. The van der Waals surface area contributed by atoms with Gasteiger partial charge >= 0.3 is 12.4 Å². The van der Waals surface area contributed by atoms with Gasteiger partial charge in [0.25, 0.3) is 0 Å². The van der Waals surface area contributed by atoms with Gasteiger partial charge in [0.1, 0.15) is 17.9 Å². The van der Waals surface area contributed by atoms with Crippen molar-refractivity contribution in [3.8, 4) is 22.8 Å². The molecule has 9 nitrogen and oxygen atoms in total. The van der Waals surface area contributed by atoms with Crippen molar-refractivity contribution >= 4 is 40.2 Å². The minimum atomic E-state index is -4.81. The second-order valence-corrected chi connectivity index (χ2v) is 11.3. The van der Waals surface area contributed by atoms with E-state index in [0.29, 0.717) is 22.9 Å². The van der Waals surface area contributed by atoms with Gasteiger partial charge in [0.05, 0.1) is 22.8 Å². The standard InChI is InChI=1S/C30H26F4N6O3S/c1-17(2)12-19-5-4-18(3)13-25(19)40-26(41)15-44-29(40)37-28(42)36-24-11-6-20(14-23(24)31)27-35-16-39(38-27)21-7-9-22(10-8-21)43-30(32,33)34/h4-11,13-14,16-17H,12,15H2,1-3H3,(H,36,42)/b37-29-. The number of nitrogens with one attached hydrogen (secondary N) is 1. The summed E-state index contributed by atoms with van der Waals surface area (Å²) >= 11 is 1.13. The Kier molecular flexibility index (Phi) is 8.72. The van der Waals surface area contributed by atoms with Crippen molar-refractivity contribution in [2.75, 3.05) is 16.0 Å². The molecule has 1 aliphatic heterocycles. The van der Waals surface area contributed by atoms with Gasteiger partial charge in [0.2, 0.25) is 5.91 Å². The smallest absolute Gasteiger partial charge is 0.406 e. The first kappa shape index (κ1) is 30.7. The van der Waals surface area contributed by atoms with Crippen LogP contribution in [0.1, 0.15) is 25.0 Å². The molecule has 44 heavy (non-hydrogen) atoms. The highest BCUT2D eigenvalue weighted by molar-refractivity contribution is 8.15.